The first kappa shape index (κ1) is 26.2. The molecule has 0 saturated carbocycles. The number of benzene rings is 4. The van der Waals surface area contributed by atoms with Crippen LogP contribution >= 0.6 is 15.9 Å². The van der Waals surface area contributed by atoms with Crippen LogP contribution in [0, 0.1) is 13.8 Å². The maximum atomic E-state index is 13.4. The molecule has 1 N–H and O–H groups in total. The molecule has 0 bridgehead atoms. The molecule has 0 aliphatic carbocycles. The molecule has 8 heteroatoms. The molecule has 0 atom stereocenters. The van der Waals surface area contributed by atoms with Gasteiger partial charge in [-0.15, -0.1) is 0 Å². The summed E-state index contributed by atoms with van der Waals surface area (Å²) in [6.07, 6.45) is 1.43. The Morgan fingerprint density at radius 3 is 2.36 bits per heavy atom. The molecule has 4 aromatic carbocycles. The third-order valence-corrected chi connectivity index (χ3v) is 7.10. The van der Waals surface area contributed by atoms with Gasteiger partial charge in [-0.3, -0.25) is 14.9 Å². The van der Waals surface area contributed by atoms with Gasteiger partial charge in [-0.2, -0.15) is 0 Å². The molecule has 196 valence electrons. The van der Waals surface area contributed by atoms with Crippen molar-refractivity contribution in [3.05, 3.63) is 105 Å². The lowest BCUT2D eigenvalue weighted by Gasteiger charge is -2.27. The Morgan fingerprint density at radius 2 is 1.62 bits per heavy atom. The van der Waals surface area contributed by atoms with Gasteiger partial charge in [-0.1, -0.05) is 64.5 Å². The fraction of sp³-hybridized carbons (Fsp3) is 0.129. The van der Waals surface area contributed by atoms with Crippen molar-refractivity contribution < 1.29 is 23.9 Å². The van der Waals surface area contributed by atoms with E-state index < -0.39 is 17.8 Å². The Morgan fingerprint density at radius 1 is 0.897 bits per heavy atom. The summed E-state index contributed by atoms with van der Waals surface area (Å²) < 4.78 is 12.3. The van der Waals surface area contributed by atoms with Crippen LogP contribution in [0.5, 0.6) is 11.5 Å². The van der Waals surface area contributed by atoms with E-state index in [0.717, 1.165) is 32.4 Å². The van der Waals surface area contributed by atoms with E-state index in [1.807, 2.05) is 44.2 Å². The predicted molar refractivity (Wildman–Crippen MR) is 154 cm³/mol. The van der Waals surface area contributed by atoms with Crippen LogP contribution in [0.2, 0.25) is 0 Å². The number of anilines is 1. The minimum absolute atomic E-state index is 0.180. The maximum Gasteiger partial charge on any atom is 0.335 e. The molecule has 0 spiro atoms. The average Bonchev–Trinajstić information content (AvgIpc) is 2.90. The average molecular weight is 585 g/mol. The van der Waals surface area contributed by atoms with Crippen molar-refractivity contribution in [1.82, 2.24) is 5.32 Å². The summed E-state index contributed by atoms with van der Waals surface area (Å²) in [6, 6.07) is 22.1. The number of halogens is 1. The van der Waals surface area contributed by atoms with Crippen LogP contribution in [0.4, 0.5) is 10.5 Å². The van der Waals surface area contributed by atoms with Crippen LogP contribution in [0.1, 0.15) is 22.3 Å². The van der Waals surface area contributed by atoms with Crippen molar-refractivity contribution in [2.45, 2.75) is 20.5 Å². The number of amides is 4. The number of ether oxygens (including phenoxy) is 2. The first-order chi connectivity index (χ1) is 18.7. The summed E-state index contributed by atoms with van der Waals surface area (Å²) in [4.78, 5) is 39.7. The Bertz CT molecular complexity index is 1650. The molecule has 1 aliphatic rings. The Hall–Kier alpha value is -4.43. The zero-order chi connectivity index (χ0) is 27.7. The van der Waals surface area contributed by atoms with E-state index in [9.17, 15) is 14.4 Å². The molecule has 1 aliphatic heterocycles. The number of aryl methyl sites for hydroxylation is 2. The third-order valence-electron chi connectivity index (χ3n) is 6.41. The quantitative estimate of drug-likeness (QED) is 0.207. The number of carbonyl (C=O) groups excluding carboxylic acids is 3. The smallest absolute Gasteiger partial charge is 0.335 e. The number of nitrogens with zero attached hydrogens (tertiary/aromatic N) is 1. The highest BCUT2D eigenvalue weighted by molar-refractivity contribution is 9.10. The predicted octanol–water partition coefficient (Wildman–Crippen LogP) is 6.47. The van der Waals surface area contributed by atoms with E-state index in [2.05, 4.69) is 39.4 Å². The molecule has 7 nitrogen and oxygen atoms in total. The largest absolute Gasteiger partial charge is 0.493 e. The van der Waals surface area contributed by atoms with Crippen LogP contribution in [0.15, 0.2) is 82.8 Å². The van der Waals surface area contributed by atoms with Crippen molar-refractivity contribution in [1.29, 1.82) is 0 Å². The highest BCUT2D eigenvalue weighted by Crippen LogP contribution is 2.36. The van der Waals surface area contributed by atoms with E-state index in [1.54, 1.807) is 24.3 Å². The lowest BCUT2D eigenvalue weighted by Crippen LogP contribution is -2.54. The molecule has 4 amide bonds. The van der Waals surface area contributed by atoms with Gasteiger partial charge in [0.25, 0.3) is 11.8 Å². The fourth-order valence-electron chi connectivity index (χ4n) is 4.63. The number of methoxy groups -OCH3 is 1. The normalized spacial score (nSPS) is 14.6. The van der Waals surface area contributed by atoms with Gasteiger partial charge in [-0.05, 0) is 77.2 Å². The zero-order valence-corrected chi connectivity index (χ0v) is 23.2. The highest BCUT2D eigenvalue weighted by Gasteiger charge is 2.37. The molecule has 0 unspecified atom stereocenters. The van der Waals surface area contributed by atoms with Crippen LogP contribution in [-0.4, -0.2) is 25.0 Å². The van der Waals surface area contributed by atoms with Crippen LogP contribution in [0.3, 0.4) is 0 Å². The first-order valence-electron chi connectivity index (χ1n) is 12.2. The van der Waals surface area contributed by atoms with Gasteiger partial charge in [0, 0.05) is 4.47 Å². The van der Waals surface area contributed by atoms with E-state index in [4.69, 9.17) is 9.47 Å². The third kappa shape index (κ3) is 5.28. The molecule has 1 saturated heterocycles. The fourth-order valence-corrected chi connectivity index (χ4v) is 5.07. The van der Waals surface area contributed by atoms with Gasteiger partial charge < -0.3 is 9.47 Å². The second-order valence-corrected chi connectivity index (χ2v) is 10.1. The molecule has 4 aromatic rings. The number of urea groups is 1. The summed E-state index contributed by atoms with van der Waals surface area (Å²) in [5.74, 6) is -0.564. The Balaban J connectivity index is 1.46. The summed E-state index contributed by atoms with van der Waals surface area (Å²) in [5, 5.41) is 4.49. The minimum atomic E-state index is -0.791. The molecule has 0 radical (unpaired) electrons. The van der Waals surface area contributed by atoms with Gasteiger partial charge in [0.1, 0.15) is 12.2 Å². The van der Waals surface area contributed by atoms with Gasteiger partial charge in [0.15, 0.2) is 11.5 Å². The number of rotatable bonds is 6. The van der Waals surface area contributed by atoms with Crippen molar-refractivity contribution in [2.24, 2.45) is 0 Å². The van der Waals surface area contributed by atoms with Gasteiger partial charge in [-0.25, -0.2) is 9.69 Å². The SMILES string of the molecule is COc1cc(/C=C2\C(=O)NC(=O)N(c3cc(C)cc(C)c3)C2=O)c(Br)cc1OCc1cccc2ccccc12. The van der Waals surface area contributed by atoms with E-state index in [0.29, 0.717) is 33.8 Å². The first-order valence-corrected chi connectivity index (χ1v) is 13.0. The highest BCUT2D eigenvalue weighted by atomic mass is 79.9. The molecule has 1 fully saturated rings. The van der Waals surface area contributed by atoms with Crippen molar-refractivity contribution in [3.8, 4) is 11.5 Å². The van der Waals surface area contributed by atoms with E-state index >= 15 is 0 Å². The van der Waals surface area contributed by atoms with Crippen LogP contribution < -0.4 is 19.7 Å². The van der Waals surface area contributed by atoms with Gasteiger partial charge in [0.05, 0.1) is 12.8 Å². The summed E-state index contributed by atoms with van der Waals surface area (Å²) >= 11 is 3.53. The standard InChI is InChI=1S/C31H25BrN2O5/c1-18-11-19(2)13-23(12-18)34-30(36)25(29(35)33-31(34)37)14-22-15-27(38-3)28(16-26(22)32)39-17-21-9-6-8-20-7-4-5-10-24(20)21/h4-16H,17H2,1-3H3,(H,33,35,37)/b25-14+. The van der Waals surface area contributed by atoms with Gasteiger partial charge in [0.2, 0.25) is 0 Å². The lowest BCUT2D eigenvalue weighted by atomic mass is 10.0. The number of imide groups is 2. The molecule has 5 rings (SSSR count). The molecular weight excluding hydrogens is 560 g/mol. The van der Waals surface area contributed by atoms with Crippen molar-refractivity contribution in [2.75, 3.05) is 12.0 Å². The topological polar surface area (TPSA) is 84.9 Å². The molecule has 39 heavy (non-hydrogen) atoms. The number of barbiturate groups is 1. The molecule has 0 aromatic heterocycles. The number of hydrogen-bond acceptors (Lipinski definition) is 5. The van der Waals surface area contributed by atoms with E-state index in [-0.39, 0.29) is 5.57 Å². The second-order valence-electron chi connectivity index (χ2n) is 9.26. The second kappa shape index (κ2) is 10.7. The van der Waals surface area contributed by atoms with Crippen LogP contribution in [0.25, 0.3) is 16.8 Å². The maximum absolute atomic E-state index is 13.4. The summed E-state index contributed by atoms with van der Waals surface area (Å²) in [6.45, 7) is 4.06. The van der Waals surface area contributed by atoms with Gasteiger partial charge >= 0.3 is 6.03 Å². The Kier molecular flexibility index (Phi) is 7.21. The Labute approximate surface area is 234 Å². The number of nitrogens with one attached hydrogen (secondary N) is 1. The van der Waals surface area contributed by atoms with Crippen molar-refractivity contribution in [3.63, 3.8) is 0 Å². The zero-order valence-electron chi connectivity index (χ0n) is 21.6. The van der Waals surface area contributed by atoms with Crippen molar-refractivity contribution >= 4 is 56.3 Å². The summed E-state index contributed by atoms with van der Waals surface area (Å²) in [5.41, 5.74) is 3.53. The number of carbonyl (C=O) groups is 3. The molecule has 1 heterocycles. The summed E-state index contributed by atoms with van der Waals surface area (Å²) in [7, 11) is 1.52. The lowest BCUT2D eigenvalue weighted by molar-refractivity contribution is -0.122. The monoisotopic (exact) mass is 584 g/mol. The molecular formula is C31H25BrN2O5. The van der Waals surface area contributed by atoms with E-state index in [1.165, 1.54) is 13.2 Å². The van der Waals surface area contributed by atoms with Crippen LogP contribution in [-0.2, 0) is 16.2 Å². The minimum Gasteiger partial charge on any atom is -0.493 e. The number of fused-ring (bicyclic) bond motifs is 1. The number of hydrogen-bond donors (Lipinski definition) is 1.